The number of Topliss-reactive ketones (excluding diaryl/α,β-unsaturated/α-hetero) is 1. The first-order chi connectivity index (χ1) is 15.9. The van der Waals surface area contributed by atoms with Gasteiger partial charge in [0, 0.05) is 12.9 Å². The highest BCUT2D eigenvalue weighted by Gasteiger charge is 2.32. The van der Waals surface area contributed by atoms with Crippen LogP contribution in [0.25, 0.3) is 3.58 Å². The van der Waals surface area contributed by atoms with Crippen molar-refractivity contribution in [3.8, 4) is 5.75 Å². The maximum absolute atomic E-state index is 14.4. The molecule has 4 nitrogen and oxygen atoms in total. The fraction of sp³-hybridized carbons (Fsp3) is 0. The quantitative estimate of drug-likeness (QED) is 0.0547. The van der Waals surface area contributed by atoms with E-state index in [2.05, 4.69) is 15.9 Å². The fourth-order valence-corrected chi connectivity index (χ4v) is 4.79. The maximum Gasteiger partial charge on any atom is 0.339 e. The van der Waals surface area contributed by atoms with Crippen LogP contribution >= 0.6 is 50.3 Å². The van der Waals surface area contributed by atoms with Gasteiger partial charge in [0.15, 0.2) is 23.3 Å². The van der Waals surface area contributed by atoms with Gasteiger partial charge in [-0.1, -0.05) is 33.8 Å². The monoisotopic (exact) mass is 670 g/mol. The predicted octanol–water partition coefficient (Wildman–Crippen LogP) is 7.33. The Morgan fingerprint density at radius 3 is 1.91 bits per heavy atom. The van der Waals surface area contributed by atoms with Gasteiger partial charge in [-0.2, -0.15) is 0 Å². The van der Waals surface area contributed by atoms with E-state index in [1.807, 2.05) is 0 Å². The maximum atomic E-state index is 14.4. The van der Waals surface area contributed by atoms with Crippen LogP contribution in [-0.2, 0) is 0 Å². The number of hydrogen-bond acceptors (Lipinski definition) is 4. The van der Waals surface area contributed by atoms with Crippen LogP contribution in [0.15, 0.2) is 56.7 Å². The molecule has 0 amide bonds. The Labute approximate surface area is 214 Å². The second-order valence-corrected chi connectivity index (χ2v) is 9.59. The summed E-state index contributed by atoms with van der Waals surface area (Å²) in [4.78, 5) is 24.5. The predicted molar refractivity (Wildman–Crippen MR) is 127 cm³/mol. The summed E-state index contributed by atoms with van der Waals surface area (Å²) in [5.41, 5.74) is -2.13. The average Bonchev–Trinajstić information content (AvgIpc) is 2.80. The minimum absolute atomic E-state index is 0.0487. The number of ketones is 1. The molecule has 0 spiro atoms. The molecule has 3 rings (SSSR count). The molecule has 0 saturated carbocycles. The third-order valence-electron chi connectivity index (χ3n) is 4.36. The number of carboxylic acids is 1. The Morgan fingerprint density at radius 2 is 1.38 bits per heavy atom. The summed E-state index contributed by atoms with van der Waals surface area (Å²) in [5.74, 6) is -15.1. The van der Waals surface area contributed by atoms with E-state index in [9.17, 15) is 41.8 Å². The van der Waals surface area contributed by atoms with Crippen LogP contribution in [0, 0.1) is 29.1 Å². The molecule has 0 aliphatic carbocycles. The van der Waals surface area contributed by atoms with E-state index < -0.39 is 62.6 Å². The van der Waals surface area contributed by atoms with Gasteiger partial charge in [-0.3, -0.25) is 4.79 Å². The molecule has 0 bridgehead atoms. The molecule has 12 heteroatoms. The number of carboxylic acid groups (broad SMARTS) is 1. The van der Waals surface area contributed by atoms with Crippen molar-refractivity contribution >= 4 is 65.6 Å². The van der Waals surface area contributed by atoms with Crippen LogP contribution < -0.4 is 0 Å². The van der Waals surface area contributed by atoms with Crippen molar-refractivity contribution in [3.63, 3.8) is 0 Å². The van der Waals surface area contributed by atoms with Crippen LogP contribution in [0.1, 0.15) is 26.3 Å². The number of aromatic hydroxyl groups is 1. The molecule has 0 aliphatic rings. The van der Waals surface area contributed by atoms with Gasteiger partial charge >= 0.3 is 5.97 Å². The minimum Gasteiger partial charge on any atom is -0.507 e. The van der Waals surface area contributed by atoms with Crippen molar-refractivity contribution < 1.29 is 41.8 Å². The Bertz CT molecular complexity index is 1330. The largest absolute Gasteiger partial charge is 0.507 e. The van der Waals surface area contributed by atoms with Crippen molar-refractivity contribution in [2.24, 2.45) is 0 Å². The third-order valence-corrected chi connectivity index (χ3v) is 7.51. The fourth-order valence-electron chi connectivity index (χ4n) is 2.70. The number of carbonyl (C=O) groups is 2. The molecule has 0 saturated heterocycles. The van der Waals surface area contributed by atoms with Crippen LogP contribution in [0.2, 0.25) is 0 Å². The number of phenols is 1. The van der Waals surface area contributed by atoms with Gasteiger partial charge in [-0.05, 0) is 64.6 Å². The van der Waals surface area contributed by atoms with Crippen LogP contribution in [0.3, 0.4) is 0 Å². The number of hydrogen-bond donors (Lipinski definition) is 2. The Morgan fingerprint density at radius 1 is 0.853 bits per heavy atom. The molecule has 0 atom stereocenters. The summed E-state index contributed by atoms with van der Waals surface area (Å²) >= 11 is 5.49. The van der Waals surface area contributed by atoms with E-state index in [-0.39, 0.29) is 9.14 Å². The Kier molecular flexibility index (Phi) is 8.03. The zero-order chi connectivity index (χ0) is 25.3. The van der Waals surface area contributed by atoms with Crippen molar-refractivity contribution in [3.05, 3.63) is 97.6 Å². The van der Waals surface area contributed by atoms with Crippen molar-refractivity contribution in [1.82, 2.24) is 0 Å². The smallest absolute Gasteiger partial charge is 0.339 e. The lowest BCUT2D eigenvalue weighted by Gasteiger charge is -2.14. The van der Waals surface area contributed by atoms with Crippen LogP contribution in [0.5, 0.6) is 5.75 Å². The van der Waals surface area contributed by atoms with Gasteiger partial charge < -0.3 is 10.2 Å². The van der Waals surface area contributed by atoms with E-state index in [1.54, 1.807) is 34.7 Å². The molecule has 176 valence electrons. The Balaban J connectivity index is 2.27. The summed E-state index contributed by atoms with van der Waals surface area (Å²) in [6.07, 6.45) is 0. The van der Waals surface area contributed by atoms with Crippen molar-refractivity contribution in [1.29, 1.82) is 0 Å². The third kappa shape index (κ3) is 5.13. The van der Waals surface area contributed by atoms with Gasteiger partial charge in [0.25, 0.3) is 0 Å². The Hall–Kier alpha value is -2.45. The van der Waals surface area contributed by atoms with Gasteiger partial charge in [0.05, 0.1) is 4.91 Å². The summed E-state index contributed by atoms with van der Waals surface area (Å²) in [5, 5.41) is 19.0. The normalized spacial score (nSPS) is 11.9. The standard InChI is InChI=1S/C22H9BrF5IO4S/c23-9-2-4-10(5-3-9)34-21(19(29)8-1-6-12(30)11(7-8)22(32)33)20(31)13-14(24)16(26)18(28)17(27)15(13)25/h1-7,30H,(H,32,33). The number of thioether (sulfide) groups is 1. The number of halogens is 7. The highest BCUT2D eigenvalue weighted by atomic mass is 127. The molecular formula is C22H9BrF5IO4S. The summed E-state index contributed by atoms with van der Waals surface area (Å²) in [7, 11) is 0. The van der Waals surface area contributed by atoms with Gasteiger partial charge in [0.1, 0.15) is 16.9 Å². The SMILES string of the molecule is O=C(O)c1cc(C(I)=C(Sc2ccc(Br)cc2)C(=O)c2c(F)c(F)c(F)c(F)c2F)ccc1O. The number of aromatic carboxylic acids is 1. The second kappa shape index (κ2) is 10.4. The van der Waals surface area contributed by atoms with Crippen molar-refractivity contribution in [2.75, 3.05) is 0 Å². The van der Waals surface area contributed by atoms with Gasteiger partial charge in [-0.25, -0.2) is 26.7 Å². The molecule has 0 aliphatic heterocycles. The lowest BCUT2D eigenvalue weighted by molar-refractivity contribution is 0.0693. The molecule has 0 aromatic heterocycles. The first-order valence-electron chi connectivity index (χ1n) is 8.90. The summed E-state index contributed by atoms with van der Waals surface area (Å²) in [6.45, 7) is 0. The molecule has 0 unspecified atom stereocenters. The number of carbonyl (C=O) groups excluding carboxylic acids is 1. The van der Waals surface area contributed by atoms with E-state index >= 15 is 0 Å². The molecule has 0 heterocycles. The van der Waals surface area contributed by atoms with Crippen LogP contribution in [-0.4, -0.2) is 22.0 Å². The van der Waals surface area contributed by atoms with E-state index in [1.165, 1.54) is 18.2 Å². The number of benzene rings is 3. The molecule has 0 radical (unpaired) electrons. The molecule has 3 aromatic carbocycles. The first kappa shape index (κ1) is 26.2. The van der Waals surface area contributed by atoms with E-state index in [0.29, 0.717) is 21.1 Å². The average molecular weight is 671 g/mol. The zero-order valence-corrected chi connectivity index (χ0v) is 20.9. The van der Waals surface area contributed by atoms with Crippen molar-refractivity contribution in [2.45, 2.75) is 4.90 Å². The molecular weight excluding hydrogens is 662 g/mol. The zero-order valence-electron chi connectivity index (χ0n) is 16.3. The molecule has 0 fully saturated rings. The lowest BCUT2D eigenvalue weighted by atomic mass is 10.0. The topological polar surface area (TPSA) is 74.6 Å². The molecule has 34 heavy (non-hydrogen) atoms. The van der Waals surface area contributed by atoms with E-state index in [4.69, 9.17) is 0 Å². The molecule has 2 N–H and O–H groups in total. The first-order valence-corrected chi connectivity index (χ1v) is 11.6. The summed E-state index contributed by atoms with van der Waals surface area (Å²) < 4.78 is 70.5. The van der Waals surface area contributed by atoms with E-state index in [0.717, 1.165) is 12.1 Å². The lowest BCUT2D eigenvalue weighted by Crippen LogP contribution is -2.14. The highest BCUT2D eigenvalue weighted by molar-refractivity contribution is 14.1. The van der Waals surface area contributed by atoms with Gasteiger partial charge in [0.2, 0.25) is 11.6 Å². The van der Waals surface area contributed by atoms with Gasteiger partial charge in [-0.15, -0.1) is 0 Å². The highest BCUT2D eigenvalue weighted by Crippen LogP contribution is 2.41. The summed E-state index contributed by atoms with van der Waals surface area (Å²) in [6, 6.07) is 9.53. The van der Waals surface area contributed by atoms with Crippen LogP contribution in [0.4, 0.5) is 22.0 Å². The second-order valence-electron chi connectivity index (χ2n) is 6.51. The number of allylic oxidation sites excluding steroid dienone is 1. The number of rotatable bonds is 6. The molecule has 3 aromatic rings. The minimum atomic E-state index is -2.41.